The second kappa shape index (κ2) is 5.04. The molecule has 0 spiro atoms. The number of piperazine rings is 1. The zero-order valence-corrected chi connectivity index (χ0v) is 13.0. The third kappa shape index (κ3) is 3.09. The summed E-state index contributed by atoms with van der Waals surface area (Å²) in [6.07, 6.45) is 2.67. The summed E-state index contributed by atoms with van der Waals surface area (Å²) in [5.41, 5.74) is 1.43. The highest BCUT2D eigenvalue weighted by Crippen LogP contribution is 2.27. The molecule has 0 atom stereocenters. The van der Waals surface area contributed by atoms with Crippen LogP contribution in [0.15, 0.2) is 5.38 Å². The molecule has 2 aliphatic rings. The largest absolute Gasteiger partial charge is 0.345 e. The van der Waals surface area contributed by atoms with Crippen LogP contribution in [-0.4, -0.2) is 48.1 Å². The Bertz CT molecular complexity index is 438. The van der Waals surface area contributed by atoms with Crippen molar-refractivity contribution in [3.8, 4) is 0 Å². The molecule has 1 aromatic heterocycles. The molecule has 2 fully saturated rings. The van der Waals surface area contributed by atoms with Crippen LogP contribution in [0.5, 0.6) is 0 Å². The number of nitrogens with zero attached hydrogens (tertiary/aromatic N) is 3. The molecule has 3 rings (SSSR count). The van der Waals surface area contributed by atoms with E-state index in [4.69, 9.17) is 4.98 Å². The SMILES string of the molecule is CN1CCN(c2nc(CNC3CC3)cs2)CC1(C)C. The van der Waals surface area contributed by atoms with Gasteiger partial charge in [-0.2, -0.15) is 0 Å². The Hall–Kier alpha value is -0.650. The minimum Gasteiger partial charge on any atom is -0.345 e. The van der Waals surface area contributed by atoms with Gasteiger partial charge in [0.1, 0.15) is 0 Å². The van der Waals surface area contributed by atoms with Gasteiger partial charge in [0, 0.05) is 43.1 Å². The Labute approximate surface area is 119 Å². The summed E-state index contributed by atoms with van der Waals surface area (Å²) in [6.45, 7) is 8.81. The fourth-order valence-electron chi connectivity index (χ4n) is 2.46. The van der Waals surface area contributed by atoms with Crippen LogP contribution < -0.4 is 10.2 Å². The summed E-state index contributed by atoms with van der Waals surface area (Å²) in [7, 11) is 2.21. The highest BCUT2D eigenvalue weighted by molar-refractivity contribution is 7.13. The van der Waals surface area contributed by atoms with Crippen LogP contribution >= 0.6 is 11.3 Å². The predicted octanol–water partition coefficient (Wildman–Crippen LogP) is 1.93. The van der Waals surface area contributed by atoms with Gasteiger partial charge < -0.3 is 10.2 Å². The second-order valence-corrected chi connectivity index (χ2v) is 7.27. The van der Waals surface area contributed by atoms with Crippen molar-refractivity contribution in [2.45, 2.75) is 44.8 Å². The van der Waals surface area contributed by atoms with Crippen LogP contribution in [0, 0.1) is 0 Å². The molecule has 5 heteroatoms. The Balaban J connectivity index is 1.61. The van der Waals surface area contributed by atoms with Crippen molar-refractivity contribution >= 4 is 16.5 Å². The molecule has 2 heterocycles. The summed E-state index contributed by atoms with van der Waals surface area (Å²) in [4.78, 5) is 9.66. The Kier molecular flexibility index (Phi) is 3.53. The number of hydrogen-bond acceptors (Lipinski definition) is 5. The van der Waals surface area contributed by atoms with Crippen molar-refractivity contribution in [1.82, 2.24) is 15.2 Å². The first-order chi connectivity index (χ1) is 9.04. The van der Waals surface area contributed by atoms with Gasteiger partial charge in [0.25, 0.3) is 0 Å². The molecule has 1 saturated carbocycles. The van der Waals surface area contributed by atoms with E-state index in [0.29, 0.717) is 0 Å². The molecule has 0 bridgehead atoms. The molecular formula is C14H24N4S. The number of aromatic nitrogens is 1. The van der Waals surface area contributed by atoms with E-state index >= 15 is 0 Å². The number of anilines is 1. The van der Waals surface area contributed by atoms with Gasteiger partial charge in [-0.25, -0.2) is 4.98 Å². The van der Waals surface area contributed by atoms with Gasteiger partial charge in [0.2, 0.25) is 0 Å². The number of likely N-dealkylation sites (N-methyl/N-ethyl adjacent to an activating group) is 1. The van der Waals surface area contributed by atoms with E-state index in [2.05, 4.69) is 41.4 Å². The van der Waals surface area contributed by atoms with E-state index in [9.17, 15) is 0 Å². The molecular weight excluding hydrogens is 256 g/mol. The van der Waals surface area contributed by atoms with E-state index in [1.807, 2.05) is 0 Å². The molecule has 106 valence electrons. The smallest absolute Gasteiger partial charge is 0.185 e. The van der Waals surface area contributed by atoms with Crippen LogP contribution in [0.3, 0.4) is 0 Å². The molecule has 0 unspecified atom stereocenters. The Morgan fingerprint density at radius 1 is 1.42 bits per heavy atom. The fourth-order valence-corrected chi connectivity index (χ4v) is 3.31. The summed E-state index contributed by atoms with van der Waals surface area (Å²) in [5, 5.41) is 6.92. The summed E-state index contributed by atoms with van der Waals surface area (Å²) in [6, 6.07) is 0.757. The molecule has 0 radical (unpaired) electrons. The van der Waals surface area contributed by atoms with E-state index < -0.39 is 0 Å². The third-order valence-electron chi connectivity index (χ3n) is 4.28. The van der Waals surface area contributed by atoms with Crippen LogP contribution in [0.4, 0.5) is 5.13 Å². The van der Waals surface area contributed by atoms with Gasteiger partial charge in [-0.05, 0) is 33.7 Å². The highest BCUT2D eigenvalue weighted by atomic mass is 32.1. The van der Waals surface area contributed by atoms with Gasteiger partial charge in [0.05, 0.1) is 5.69 Å². The maximum atomic E-state index is 4.79. The van der Waals surface area contributed by atoms with Crippen molar-refractivity contribution in [3.63, 3.8) is 0 Å². The lowest BCUT2D eigenvalue weighted by Crippen LogP contribution is -2.57. The van der Waals surface area contributed by atoms with Crippen LogP contribution in [-0.2, 0) is 6.54 Å². The first kappa shape index (κ1) is 13.3. The van der Waals surface area contributed by atoms with Crippen LogP contribution in [0.1, 0.15) is 32.4 Å². The molecule has 0 aromatic carbocycles. The van der Waals surface area contributed by atoms with E-state index in [1.54, 1.807) is 11.3 Å². The van der Waals surface area contributed by atoms with Gasteiger partial charge >= 0.3 is 0 Å². The first-order valence-electron chi connectivity index (χ1n) is 7.18. The van der Waals surface area contributed by atoms with E-state index in [-0.39, 0.29) is 5.54 Å². The molecule has 1 aromatic rings. The first-order valence-corrected chi connectivity index (χ1v) is 8.06. The van der Waals surface area contributed by atoms with Gasteiger partial charge in [-0.1, -0.05) is 0 Å². The van der Waals surface area contributed by atoms with E-state index in [1.165, 1.54) is 23.7 Å². The maximum absolute atomic E-state index is 4.79. The molecule has 19 heavy (non-hydrogen) atoms. The van der Waals surface area contributed by atoms with Crippen LogP contribution in [0.2, 0.25) is 0 Å². The lowest BCUT2D eigenvalue weighted by molar-refractivity contribution is 0.139. The average molecular weight is 280 g/mol. The number of nitrogens with one attached hydrogen (secondary N) is 1. The van der Waals surface area contributed by atoms with Crippen molar-refractivity contribution in [3.05, 3.63) is 11.1 Å². The zero-order chi connectivity index (χ0) is 13.5. The Morgan fingerprint density at radius 3 is 2.89 bits per heavy atom. The van der Waals surface area contributed by atoms with Crippen molar-refractivity contribution in [2.75, 3.05) is 31.6 Å². The van der Waals surface area contributed by atoms with Crippen molar-refractivity contribution in [1.29, 1.82) is 0 Å². The van der Waals surface area contributed by atoms with E-state index in [0.717, 1.165) is 32.2 Å². The normalized spacial score (nSPS) is 23.8. The number of rotatable bonds is 4. The summed E-state index contributed by atoms with van der Waals surface area (Å²) in [5.74, 6) is 0. The standard InChI is InChI=1S/C14H24N4S/c1-14(2)10-18(7-6-17(14)3)13-16-12(9-19-13)8-15-11-4-5-11/h9,11,15H,4-8,10H2,1-3H3. The molecule has 1 saturated heterocycles. The zero-order valence-electron chi connectivity index (χ0n) is 12.1. The monoisotopic (exact) mass is 280 g/mol. The quantitative estimate of drug-likeness (QED) is 0.913. The fraction of sp³-hybridized carbons (Fsp3) is 0.786. The molecule has 1 aliphatic heterocycles. The second-order valence-electron chi connectivity index (χ2n) is 6.43. The number of hydrogen-bond donors (Lipinski definition) is 1. The predicted molar refractivity (Wildman–Crippen MR) is 80.9 cm³/mol. The van der Waals surface area contributed by atoms with Gasteiger partial charge in [-0.3, -0.25) is 4.90 Å². The lowest BCUT2D eigenvalue weighted by Gasteiger charge is -2.45. The lowest BCUT2D eigenvalue weighted by atomic mass is 10.0. The number of thiazole rings is 1. The van der Waals surface area contributed by atoms with Crippen LogP contribution in [0.25, 0.3) is 0 Å². The minimum absolute atomic E-state index is 0.232. The topological polar surface area (TPSA) is 31.4 Å². The minimum atomic E-state index is 0.232. The Morgan fingerprint density at radius 2 is 2.21 bits per heavy atom. The molecule has 1 N–H and O–H groups in total. The third-order valence-corrected chi connectivity index (χ3v) is 5.23. The average Bonchev–Trinajstić information content (AvgIpc) is 3.07. The van der Waals surface area contributed by atoms with Gasteiger partial charge in [-0.15, -0.1) is 11.3 Å². The molecule has 4 nitrogen and oxygen atoms in total. The summed E-state index contributed by atoms with van der Waals surface area (Å²) < 4.78 is 0. The van der Waals surface area contributed by atoms with Gasteiger partial charge in [0.15, 0.2) is 5.13 Å². The van der Waals surface area contributed by atoms with Crippen molar-refractivity contribution < 1.29 is 0 Å². The van der Waals surface area contributed by atoms with Crippen molar-refractivity contribution in [2.24, 2.45) is 0 Å². The maximum Gasteiger partial charge on any atom is 0.185 e. The molecule has 1 aliphatic carbocycles. The highest BCUT2D eigenvalue weighted by Gasteiger charge is 2.32. The molecule has 0 amide bonds. The summed E-state index contributed by atoms with van der Waals surface area (Å²) >= 11 is 1.79.